The van der Waals surface area contributed by atoms with Crippen molar-refractivity contribution in [3.8, 4) is 0 Å². The van der Waals surface area contributed by atoms with Crippen LogP contribution in [0.25, 0.3) is 0 Å². The van der Waals surface area contributed by atoms with Gasteiger partial charge in [0.15, 0.2) is 5.96 Å². The van der Waals surface area contributed by atoms with E-state index in [0.717, 1.165) is 64.1 Å². The maximum absolute atomic E-state index is 12.7. The van der Waals surface area contributed by atoms with E-state index >= 15 is 0 Å². The summed E-state index contributed by atoms with van der Waals surface area (Å²) in [5.41, 5.74) is -0.299. The van der Waals surface area contributed by atoms with Crippen molar-refractivity contribution in [1.82, 2.24) is 20.4 Å². The summed E-state index contributed by atoms with van der Waals surface area (Å²) in [5.74, 6) is 1.10. The van der Waals surface area contributed by atoms with E-state index in [1.54, 1.807) is 4.90 Å². The van der Waals surface area contributed by atoms with Gasteiger partial charge in [-0.15, -0.1) is 0 Å². The van der Waals surface area contributed by atoms with Gasteiger partial charge in [-0.1, -0.05) is 12.8 Å². The monoisotopic (exact) mass is 365 g/mol. The first-order valence-corrected chi connectivity index (χ1v) is 10.4. The van der Waals surface area contributed by atoms with Crippen molar-refractivity contribution in [2.24, 2.45) is 10.4 Å². The molecule has 1 saturated heterocycles. The number of carbonyl (C=O) groups is 1. The highest BCUT2D eigenvalue weighted by Crippen LogP contribution is 2.39. The maximum Gasteiger partial charge on any atom is 0.230 e. The van der Waals surface area contributed by atoms with Crippen molar-refractivity contribution >= 4 is 11.9 Å². The van der Waals surface area contributed by atoms with Gasteiger partial charge in [-0.25, -0.2) is 0 Å². The second kappa shape index (κ2) is 9.58. The third-order valence-corrected chi connectivity index (χ3v) is 5.91. The number of hydrogen-bond acceptors (Lipinski definition) is 3. The maximum atomic E-state index is 12.7. The molecule has 2 rings (SSSR count). The van der Waals surface area contributed by atoms with Crippen LogP contribution in [0.5, 0.6) is 0 Å². The zero-order valence-corrected chi connectivity index (χ0v) is 17.5. The van der Waals surface area contributed by atoms with Gasteiger partial charge >= 0.3 is 0 Å². The molecule has 1 aliphatic carbocycles. The average molecular weight is 366 g/mol. The smallest absolute Gasteiger partial charge is 0.230 e. The van der Waals surface area contributed by atoms with Crippen LogP contribution >= 0.6 is 0 Å². The molecule has 1 heterocycles. The largest absolute Gasteiger partial charge is 0.357 e. The molecule has 0 bridgehead atoms. The molecule has 2 N–H and O–H groups in total. The van der Waals surface area contributed by atoms with E-state index in [2.05, 4.69) is 36.3 Å². The molecule has 1 saturated carbocycles. The number of piperidine rings is 1. The fourth-order valence-electron chi connectivity index (χ4n) is 4.27. The van der Waals surface area contributed by atoms with Gasteiger partial charge in [0.2, 0.25) is 5.91 Å². The highest BCUT2D eigenvalue weighted by molar-refractivity contribution is 5.84. The number of nitrogens with one attached hydrogen (secondary N) is 2. The topological polar surface area (TPSA) is 60.0 Å². The van der Waals surface area contributed by atoms with Crippen molar-refractivity contribution in [3.05, 3.63) is 0 Å². The molecule has 0 aromatic carbocycles. The Balaban J connectivity index is 1.98. The quantitative estimate of drug-likeness (QED) is 0.559. The van der Waals surface area contributed by atoms with Crippen LogP contribution < -0.4 is 10.6 Å². The SMILES string of the molecule is CCNC(=NCC1(C(=O)N(C)C)CCCC1)NC1CCN(C(C)C)CC1. The van der Waals surface area contributed by atoms with Crippen molar-refractivity contribution in [1.29, 1.82) is 0 Å². The summed E-state index contributed by atoms with van der Waals surface area (Å²) in [5, 5.41) is 6.99. The minimum atomic E-state index is -0.299. The van der Waals surface area contributed by atoms with E-state index in [1.807, 2.05) is 14.1 Å². The number of amides is 1. The summed E-state index contributed by atoms with van der Waals surface area (Å²) in [7, 11) is 3.72. The molecule has 0 aromatic heterocycles. The molecule has 26 heavy (non-hydrogen) atoms. The third-order valence-electron chi connectivity index (χ3n) is 5.91. The van der Waals surface area contributed by atoms with Crippen molar-refractivity contribution in [2.75, 3.05) is 40.3 Å². The number of rotatable bonds is 6. The van der Waals surface area contributed by atoms with Crippen molar-refractivity contribution in [3.63, 3.8) is 0 Å². The Morgan fingerprint density at radius 1 is 1.23 bits per heavy atom. The van der Waals surface area contributed by atoms with Crippen LogP contribution in [-0.2, 0) is 4.79 Å². The first-order valence-electron chi connectivity index (χ1n) is 10.4. The van der Waals surface area contributed by atoms with Crippen molar-refractivity contribution in [2.45, 2.75) is 71.4 Å². The van der Waals surface area contributed by atoms with Gasteiger partial charge in [0.25, 0.3) is 0 Å². The molecule has 2 aliphatic rings. The Hall–Kier alpha value is -1.30. The lowest BCUT2D eigenvalue weighted by molar-refractivity contribution is -0.138. The second-order valence-electron chi connectivity index (χ2n) is 8.43. The van der Waals surface area contributed by atoms with Gasteiger partial charge < -0.3 is 20.4 Å². The molecule has 6 nitrogen and oxygen atoms in total. The summed E-state index contributed by atoms with van der Waals surface area (Å²) >= 11 is 0. The number of aliphatic imine (C=N–C) groups is 1. The summed E-state index contributed by atoms with van der Waals surface area (Å²) in [4.78, 5) is 21.9. The Kier molecular flexibility index (Phi) is 7.74. The zero-order valence-electron chi connectivity index (χ0n) is 17.5. The first kappa shape index (κ1) is 21.0. The lowest BCUT2D eigenvalue weighted by atomic mass is 9.85. The van der Waals surface area contributed by atoms with Crippen LogP contribution in [0.1, 0.15) is 59.3 Å². The molecule has 150 valence electrons. The van der Waals surface area contributed by atoms with Gasteiger partial charge in [-0.05, 0) is 46.5 Å². The summed E-state index contributed by atoms with van der Waals surface area (Å²) in [6.45, 7) is 10.3. The van der Waals surface area contributed by atoms with E-state index in [1.165, 1.54) is 0 Å². The second-order valence-corrected chi connectivity index (χ2v) is 8.43. The van der Waals surface area contributed by atoms with Crippen LogP contribution in [0.2, 0.25) is 0 Å². The van der Waals surface area contributed by atoms with Crippen molar-refractivity contribution < 1.29 is 4.79 Å². The molecule has 0 spiro atoms. The molecule has 0 atom stereocenters. The van der Waals surface area contributed by atoms with Crippen LogP contribution in [0.4, 0.5) is 0 Å². The molecular formula is C20H39N5O. The number of nitrogens with zero attached hydrogens (tertiary/aromatic N) is 3. The summed E-state index contributed by atoms with van der Waals surface area (Å²) < 4.78 is 0. The van der Waals surface area contributed by atoms with Crippen LogP contribution in [-0.4, -0.2) is 74.0 Å². The van der Waals surface area contributed by atoms with E-state index < -0.39 is 0 Å². The van der Waals surface area contributed by atoms with Gasteiger partial charge in [0.1, 0.15) is 0 Å². The Morgan fingerprint density at radius 3 is 2.35 bits per heavy atom. The van der Waals surface area contributed by atoms with Crippen LogP contribution in [0.3, 0.4) is 0 Å². The normalized spacial score (nSPS) is 21.8. The van der Waals surface area contributed by atoms with Gasteiger partial charge in [-0.2, -0.15) is 0 Å². The Labute approximate surface area is 159 Å². The van der Waals surface area contributed by atoms with Crippen LogP contribution in [0.15, 0.2) is 4.99 Å². The minimum Gasteiger partial charge on any atom is -0.357 e. The lowest BCUT2D eigenvalue weighted by Gasteiger charge is -2.35. The highest BCUT2D eigenvalue weighted by atomic mass is 16.2. The Bertz CT molecular complexity index is 475. The summed E-state index contributed by atoms with van der Waals surface area (Å²) in [6.07, 6.45) is 6.47. The molecule has 1 aliphatic heterocycles. The Morgan fingerprint density at radius 2 is 1.85 bits per heavy atom. The highest BCUT2D eigenvalue weighted by Gasteiger charge is 2.42. The molecule has 0 radical (unpaired) electrons. The van der Waals surface area contributed by atoms with Gasteiger partial charge in [-0.3, -0.25) is 9.79 Å². The van der Waals surface area contributed by atoms with Gasteiger partial charge in [0, 0.05) is 45.8 Å². The predicted molar refractivity (Wildman–Crippen MR) is 108 cm³/mol. The van der Waals surface area contributed by atoms with Crippen LogP contribution in [0, 0.1) is 5.41 Å². The molecular weight excluding hydrogens is 326 g/mol. The molecule has 2 fully saturated rings. The number of guanidine groups is 1. The molecule has 0 unspecified atom stereocenters. The van der Waals surface area contributed by atoms with E-state index in [0.29, 0.717) is 18.6 Å². The minimum absolute atomic E-state index is 0.236. The van der Waals surface area contributed by atoms with E-state index in [9.17, 15) is 4.79 Å². The summed E-state index contributed by atoms with van der Waals surface area (Å²) in [6, 6.07) is 1.09. The zero-order chi connectivity index (χ0) is 19.2. The predicted octanol–water partition coefficient (Wildman–Crippen LogP) is 2.06. The number of hydrogen-bond donors (Lipinski definition) is 2. The molecule has 0 aromatic rings. The average Bonchev–Trinajstić information content (AvgIpc) is 3.09. The fraction of sp³-hybridized carbons (Fsp3) is 0.900. The number of likely N-dealkylation sites (tertiary alicyclic amines) is 1. The van der Waals surface area contributed by atoms with E-state index in [-0.39, 0.29) is 11.3 Å². The number of carbonyl (C=O) groups excluding carboxylic acids is 1. The first-order chi connectivity index (χ1) is 12.4. The lowest BCUT2D eigenvalue weighted by Crippen LogP contribution is -2.50. The molecule has 1 amide bonds. The fourth-order valence-corrected chi connectivity index (χ4v) is 4.27. The molecule has 6 heteroatoms. The van der Waals surface area contributed by atoms with E-state index in [4.69, 9.17) is 4.99 Å². The van der Waals surface area contributed by atoms with Gasteiger partial charge in [0.05, 0.1) is 12.0 Å². The third kappa shape index (κ3) is 5.35. The standard InChI is InChI=1S/C20H39N5O/c1-6-21-19(23-17-9-13-25(14-10-17)16(2)3)22-15-20(11-7-8-12-20)18(26)24(4)5/h16-17H,6-15H2,1-5H3,(H2,21,22,23).